The number of carbonyl (C=O) groups is 2. The number of amides is 1. The Morgan fingerprint density at radius 2 is 1.81 bits per heavy atom. The van der Waals surface area contributed by atoms with Gasteiger partial charge >= 0.3 is 13.8 Å². The van der Waals surface area contributed by atoms with Crippen molar-refractivity contribution in [3.8, 4) is 11.5 Å². The summed E-state index contributed by atoms with van der Waals surface area (Å²) in [5.74, 6) is -1.94. The van der Waals surface area contributed by atoms with Crippen molar-refractivity contribution in [2.24, 2.45) is 5.16 Å². The van der Waals surface area contributed by atoms with Crippen molar-refractivity contribution in [1.29, 1.82) is 0 Å². The van der Waals surface area contributed by atoms with E-state index in [1.807, 2.05) is 18.2 Å². The number of nitrogens with zero attached hydrogens (tertiary/aromatic N) is 2. The molecule has 196 valence electrons. The van der Waals surface area contributed by atoms with Crippen molar-refractivity contribution in [3.05, 3.63) is 47.6 Å². The molecule has 0 unspecified atom stereocenters. The molecular formula is C24H31N2O9P. The standard InChI is InChI=1S/C24H31N2O9P/c27-20-15-18-14-19(25-34-17-22(28)26-11-7-5-8-12-26)10-6-3-1-2-4-9-13-33-24(29)23(18)21(16-20)35-36(30,31)32/h2,4,6,10,15-16,27H,1,3,5,7-9,11-14,17H2,(H2,30,31,32). The van der Waals surface area contributed by atoms with E-state index in [-0.39, 0.29) is 42.4 Å². The third-order valence-corrected chi connectivity index (χ3v) is 5.97. The number of hydrogen-bond acceptors (Lipinski definition) is 8. The maximum Gasteiger partial charge on any atom is 0.524 e. The Balaban J connectivity index is 1.91. The summed E-state index contributed by atoms with van der Waals surface area (Å²) < 4.78 is 21.5. The molecule has 2 aliphatic heterocycles. The van der Waals surface area contributed by atoms with Crippen LogP contribution < -0.4 is 4.52 Å². The first-order valence-electron chi connectivity index (χ1n) is 11.8. The van der Waals surface area contributed by atoms with Gasteiger partial charge in [0.2, 0.25) is 0 Å². The van der Waals surface area contributed by atoms with E-state index in [9.17, 15) is 29.0 Å². The fourth-order valence-electron chi connectivity index (χ4n) is 3.89. The average Bonchev–Trinajstić information content (AvgIpc) is 2.81. The minimum absolute atomic E-state index is 0.0451. The quantitative estimate of drug-likeness (QED) is 0.229. The highest BCUT2D eigenvalue weighted by Crippen LogP contribution is 2.42. The third kappa shape index (κ3) is 8.82. The predicted octanol–water partition coefficient (Wildman–Crippen LogP) is 3.24. The Labute approximate surface area is 209 Å². The molecule has 3 N–H and O–H groups in total. The second-order valence-electron chi connectivity index (χ2n) is 8.41. The number of esters is 1. The number of ether oxygens (including phenoxy) is 1. The van der Waals surface area contributed by atoms with E-state index in [4.69, 9.17) is 9.57 Å². The van der Waals surface area contributed by atoms with Crippen molar-refractivity contribution in [3.63, 3.8) is 0 Å². The minimum Gasteiger partial charge on any atom is -0.508 e. The molecule has 0 spiro atoms. The molecule has 0 aliphatic carbocycles. The molecule has 1 aromatic rings. The van der Waals surface area contributed by atoms with Gasteiger partial charge in [-0.15, -0.1) is 0 Å². The van der Waals surface area contributed by atoms with Gasteiger partial charge in [-0.05, 0) is 56.2 Å². The van der Waals surface area contributed by atoms with Gasteiger partial charge in [-0.2, -0.15) is 0 Å². The summed E-state index contributed by atoms with van der Waals surface area (Å²) in [5, 5.41) is 14.3. The molecule has 36 heavy (non-hydrogen) atoms. The highest BCUT2D eigenvalue weighted by Gasteiger charge is 2.27. The number of fused-ring (bicyclic) bond motifs is 1. The Morgan fingerprint density at radius 1 is 1.08 bits per heavy atom. The SMILES string of the molecule is O=C1OCCC=CCCC=CC(=NOCC(=O)N2CCCCC2)Cc2cc(O)cc(OP(=O)(O)O)c21. The summed E-state index contributed by atoms with van der Waals surface area (Å²) in [7, 11) is -5.05. The minimum atomic E-state index is -5.05. The van der Waals surface area contributed by atoms with E-state index >= 15 is 0 Å². The third-order valence-electron chi connectivity index (χ3n) is 5.53. The first-order valence-corrected chi connectivity index (χ1v) is 13.3. The van der Waals surface area contributed by atoms with Crippen LogP contribution >= 0.6 is 7.82 Å². The molecule has 1 amide bonds. The molecule has 1 saturated heterocycles. The first-order chi connectivity index (χ1) is 17.2. The maximum atomic E-state index is 12.9. The van der Waals surface area contributed by atoms with E-state index in [1.165, 1.54) is 6.07 Å². The Morgan fingerprint density at radius 3 is 2.56 bits per heavy atom. The number of cyclic esters (lactones) is 1. The van der Waals surface area contributed by atoms with Crippen LogP contribution in [0.2, 0.25) is 0 Å². The lowest BCUT2D eigenvalue weighted by atomic mass is 9.99. The molecule has 0 radical (unpaired) electrons. The van der Waals surface area contributed by atoms with E-state index < -0.39 is 19.5 Å². The fraction of sp³-hybridized carbons (Fsp3) is 0.458. The molecule has 1 aromatic carbocycles. The van der Waals surface area contributed by atoms with Crippen LogP contribution in [0.4, 0.5) is 0 Å². The van der Waals surface area contributed by atoms with Gasteiger partial charge in [-0.1, -0.05) is 23.4 Å². The summed E-state index contributed by atoms with van der Waals surface area (Å²) in [6.07, 6.45) is 12.2. The Hall–Kier alpha value is -3.14. The lowest BCUT2D eigenvalue weighted by molar-refractivity contribution is -0.137. The second kappa shape index (κ2) is 13.2. The number of hydrogen-bond donors (Lipinski definition) is 3. The molecule has 2 aliphatic rings. The number of phosphoric ester groups is 1. The summed E-state index contributed by atoms with van der Waals surface area (Å²) in [6.45, 7) is 1.16. The molecule has 0 saturated carbocycles. The van der Waals surface area contributed by atoms with Crippen LogP contribution in [0.3, 0.4) is 0 Å². The molecule has 0 bridgehead atoms. The van der Waals surface area contributed by atoms with Gasteiger partial charge in [-0.25, -0.2) is 9.36 Å². The summed E-state index contributed by atoms with van der Waals surface area (Å²) in [4.78, 5) is 51.0. The van der Waals surface area contributed by atoms with Gasteiger partial charge < -0.3 is 24.1 Å². The van der Waals surface area contributed by atoms with Gasteiger partial charge in [-0.3, -0.25) is 14.6 Å². The summed E-state index contributed by atoms with van der Waals surface area (Å²) in [6, 6.07) is 2.19. The zero-order valence-corrected chi connectivity index (χ0v) is 20.8. The molecule has 1 fully saturated rings. The zero-order valence-electron chi connectivity index (χ0n) is 19.9. The number of benzene rings is 1. The first kappa shape index (κ1) is 27.4. The molecular weight excluding hydrogens is 491 g/mol. The van der Waals surface area contributed by atoms with Gasteiger partial charge in [0.25, 0.3) is 5.91 Å². The highest BCUT2D eigenvalue weighted by atomic mass is 31.2. The molecule has 3 rings (SSSR count). The van der Waals surface area contributed by atoms with Crippen molar-refractivity contribution in [2.45, 2.75) is 44.9 Å². The molecule has 11 nitrogen and oxygen atoms in total. The van der Waals surface area contributed by atoms with Gasteiger partial charge in [0.15, 0.2) is 6.61 Å². The number of rotatable bonds is 5. The normalized spacial score (nSPS) is 18.8. The number of allylic oxidation sites excluding steroid dienone is 3. The van der Waals surface area contributed by atoms with E-state index in [2.05, 4.69) is 9.68 Å². The molecule has 2 heterocycles. The van der Waals surface area contributed by atoms with Crippen molar-refractivity contribution in [2.75, 3.05) is 26.3 Å². The van der Waals surface area contributed by atoms with Crippen molar-refractivity contribution < 1.29 is 43.1 Å². The van der Waals surface area contributed by atoms with Gasteiger partial charge in [0, 0.05) is 25.6 Å². The van der Waals surface area contributed by atoms with Crippen LogP contribution in [0.25, 0.3) is 0 Å². The van der Waals surface area contributed by atoms with Crippen LogP contribution in [0, 0.1) is 0 Å². The number of likely N-dealkylation sites (tertiary alicyclic amines) is 1. The van der Waals surface area contributed by atoms with Gasteiger partial charge in [0.05, 0.1) is 12.3 Å². The van der Waals surface area contributed by atoms with Crippen LogP contribution in [-0.2, 0) is 25.4 Å². The number of aromatic hydroxyl groups is 1. The van der Waals surface area contributed by atoms with Gasteiger partial charge in [0.1, 0.15) is 17.1 Å². The Bertz CT molecular complexity index is 1070. The van der Waals surface area contributed by atoms with Crippen LogP contribution in [0.5, 0.6) is 11.5 Å². The van der Waals surface area contributed by atoms with E-state index in [0.29, 0.717) is 31.6 Å². The topological polar surface area (TPSA) is 155 Å². The van der Waals surface area contributed by atoms with Crippen LogP contribution in [-0.4, -0.2) is 63.7 Å². The zero-order chi connectivity index (χ0) is 26.0. The Kier molecular flexibility index (Phi) is 10.1. The van der Waals surface area contributed by atoms with Crippen molar-refractivity contribution in [1.82, 2.24) is 4.90 Å². The summed E-state index contributed by atoms with van der Waals surface area (Å²) in [5.41, 5.74) is 0.234. The van der Waals surface area contributed by atoms with Crippen LogP contribution in [0.15, 0.2) is 41.6 Å². The van der Waals surface area contributed by atoms with E-state index in [1.54, 1.807) is 11.0 Å². The number of piperidine rings is 1. The largest absolute Gasteiger partial charge is 0.524 e. The number of phosphoric acid groups is 1. The second-order valence-corrected chi connectivity index (χ2v) is 9.57. The number of phenolic OH excluding ortho intramolecular Hbond substituents is 1. The number of phenols is 1. The molecule has 0 atom stereocenters. The average molecular weight is 522 g/mol. The monoisotopic (exact) mass is 522 g/mol. The highest BCUT2D eigenvalue weighted by molar-refractivity contribution is 7.46. The van der Waals surface area contributed by atoms with E-state index in [0.717, 1.165) is 31.7 Å². The fourth-order valence-corrected chi connectivity index (χ4v) is 4.29. The summed E-state index contributed by atoms with van der Waals surface area (Å²) >= 11 is 0. The molecule has 12 heteroatoms. The predicted molar refractivity (Wildman–Crippen MR) is 131 cm³/mol. The maximum absolute atomic E-state index is 12.9. The number of oxime groups is 1. The number of carbonyl (C=O) groups excluding carboxylic acids is 2. The van der Waals surface area contributed by atoms with Crippen LogP contribution in [0.1, 0.15) is 54.4 Å². The lowest BCUT2D eigenvalue weighted by Crippen LogP contribution is -2.37. The van der Waals surface area contributed by atoms with Crippen molar-refractivity contribution >= 4 is 25.4 Å². The lowest BCUT2D eigenvalue weighted by Gasteiger charge is -2.26. The molecule has 0 aromatic heterocycles. The smallest absolute Gasteiger partial charge is 0.508 e.